The van der Waals surface area contributed by atoms with E-state index in [1.807, 2.05) is 18.7 Å². The molecule has 1 atom stereocenters. The second-order valence-electron chi connectivity index (χ2n) is 3.69. The standard InChI is InChI=1S/C10H21N3O2/c1-3-15-9(2)8-11-4-6-13-7-5-12-10(13)14/h9,11H,3-8H2,1-2H3,(H,12,14). The molecule has 1 aliphatic rings. The van der Waals surface area contributed by atoms with Gasteiger partial charge in [0.2, 0.25) is 0 Å². The van der Waals surface area contributed by atoms with Crippen LogP contribution in [0.3, 0.4) is 0 Å². The van der Waals surface area contributed by atoms with Gasteiger partial charge < -0.3 is 20.3 Å². The third-order valence-corrected chi connectivity index (χ3v) is 2.39. The van der Waals surface area contributed by atoms with Gasteiger partial charge in [-0.25, -0.2) is 4.79 Å². The van der Waals surface area contributed by atoms with Crippen LogP contribution < -0.4 is 10.6 Å². The van der Waals surface area contributed by atoms with Crippen molar-refractivity contribution in [2.45, 2.75) is 20.0 Å². The van der Waals surface area contributed by atoms with Crippen molar-refractivity contribution in [3.8, 4) is 0 Å². The number of amides is 2. The van der Waals surface area contributed by atoms with Gasteiger partial charge in [-0.05, 0) is 13.8 Å². The minimum atomic E-state index is 0.0506. The minimum absolute atomic E-state index is 0.0506. The maximum absolute atomic E-state index is 11.2. The summed E-state index contributed by atoms with van der Waals surface area (Å²) in [5.74, 6) is 0. The van der Waals surface area contributed by atoms with Crippen molar-refractivity contribution in [3.05, 3.63) is 0 Å². The van der Waals surface area contributed by atoms with E-state index in [0.717, 1.165) is 39.3 Å². The number of ether oxygens (including phenoxy) is 1. The van der Waals surface area contributed by atoms with Crippen molar-refractivity contribution < 1.29 is 9.53 Å². The largest absolute Gasteiger partial charge is 0.377 e. The lowest BCUT2D eigenvalue weighted by atomic mass is 10.4. The maximum atomic E-state index is 11.2. The lowest BCUT2D eigenvalue weighted by Crippen LogP contribution is -2.37. The third kappa shape index (κ3) is 4.48. The fourth-order valence-corrected chi connectivity index (χ4v) is 1.59. The highest BCUT2D eigenvalue weighted by Gasteiger charge is 2.18. The number of hydrogen-bond donors (Lipinski definition) is 2. The zero-order valence-corrected chi connectivity index (χ0v) is 9.58. The van der Waals surface area contributed by atoms with Crippen LogP contribution in [0.15, 0.2) is 0 Å². The van der Waals surface area contributed by atoms with Gasteiger partial charge in [-0.15, -0.1) is 0 Å². The Balaban J connectivity index is 1.99. The van der Waals surface area contributed by atoms with Crippen molar-refractivity contribution >= 4 is 6.03 Å². The molecule has 1 fully saturated rings. The molecular weight excluding hydrogens is 194 g/mol. The Morgan fingerprint density at radius 2 is 2.47 bits per heavy atom. The molecule has 0 aromatic carbocycles. The van der Waals surface area contributed by atoms with Gasteiger partial charge in [0.1, 0.15) is 0 Å². The SMILES string of the molecule is CCOC(C)CNCCN1CCNC1=O. The van der Waals surface area contributed by atoms with Crippen molar-refractivity contribution in [3.63, 3.8) is 0 Å². The van der Waals surface area contributed by atoms with Crippen molar-refractivity contribution in [1.82, 2.24) is 15.5 Å². The van der Waals surface area contributed by atoms with Crippen molar-refractivity contribution in [2.75, 3.05) is 39.3 Å². The lowest BCUT2D eigenvalue weighted by molar-refractivity contribution is 0.0760. The molecule has 0 aromatic rings. The van der Waals surface area contributed by atoms with E-state index in [2.05, 4.69) is 10.6 Å². The zero-order valence-electron chi connectivity index (χ0n) is 9.58. The molecular formula is C10H21N3O2. The van der Waals surface area contributed by atoms with Gasteiger partial charge in [0.15, 0.2) is 0 Å². The van der Waals surface area contributed by atoms with Crippen LogP contribution in [0.25, 0.3) is 0 Å². The van der Waals surface area contributed by atoms with Gasteiger partial charge in [-0.1, -0.05) is 0 Å². The van der Waals surface area contributed by atoms with E-state index in [9.17, 15) is 4.79 Å². The fraction of sp³-hybridized carbons (Fsp3) is 0.900. The van der Waals surface area contributed by atoms with Gasteiger partial charge in [0.25, 0.3) is 0 Å². The normalized spacial score (nSPS) is 18.0. The number of carbonyl (C=O) groups is 1. The highest BCUT2D eigenvalue weighted by molar-refractivity contribution is 5.76. The van der Waals surface area contributed by atoms with E-state index in [1.54, 1.807) is 0 Å². The average molecular weight is 215 g/mol. The summed E-state index contributed by atoms with van der Waals surface area (Å²) in [4.78, 5) is 13.0. The molecule has 5 nitrogen and oxygen atoms in total. The number of nitrogens with one attached hydrogen (secondary N) is 2. The fourth-order valence-electron chi connectivity index (χ4n) is 1.59. The highest BCUT2D eigenvalue weighted by atomic mass is 16.5. The lowest BCUT2D eigenvalue weighted by Gasteiger charge is -2.16. The van der Waals surface area contributed by atoms with Gasteiger partial charge in [-0.3, -0.25) is 0 Å². The first-order valence-electron chi connectivity index (χ1n) is 5.59. The molecule has 2 N–H and O–H groups in total. The minimum Gasteiger partial charge on any atom is -0.377 e. The number of rotatable bonds is 7. The first kappa shape index (κ1) is 12.3. The molecule has 1 heterocycles. The van der Waals surface area contributed by atoms with Crippen molar-refractivity contribution in [2.24, 2.45) is 0 Å². The monoisotopic (exact) mass is 215 g/mol. The van der Waals surface area contributed by atoms with Crippen LogP contribution in [0.2, 0.25) is 0 Å². The summed E-state index contributed by atoms with van der Waals surface area (Å²) in [6.45, 7) is 8.80. The molecule has 0 spiro atoms. The van der Waals surface area contributed by atoms with Crippen LogP contribution in [-0.4, -0.2) is 56.4 Å². The van der Waals surface area contributed by atoms with E-state index in [1.165, 1.54) is 0 Å². The molecule has 88 valence electrons. The molecule has 0 aliphatic carbocycles. The van der Waals surface area contributed by atoms with E-state index >= 15 is 0 Å². The van der Waals surface area contributed by atoms with Crippen LogP contribution in [0.4, 0.5) is 4.79 Å². The Labute approximate surface area is 91.2 Å². The quantitative estimate of drug-likeness (QED) is 0.589. The molecule has 0 bridgehead atoms. The molecule has 2 amide bonds. The third-order valence-electron chi connectivity index (χ3n) is 2.39. The summed E-state index contributed by atoms with van der Waals surface area (Å²) in [7, 11) is 0. The number of carbonyl (C=O) groups excluding carboxylic acids is 1. The van der Waals surface area contributed by atoms with Crippen LogP contribution >= 0.6 is 0 Å². The van der Waals surface area contributed by atoms with E-state index in [0.29, 0.717) is 0 Å². The molecule has 5 heteroatoms. The number of hydrogen-bond acceptors (Lipinski definition) is 3. The van der Waals surface area contributed by atoms with Crippen LogP contribution in [0.5, 0.6) is 0 Å². The average Bonchev–Trinajstić information content (AvgIpc) is 2.60. The van der Waals surface area contributed by atoms with Gasteiger partial charge in [-0.2, -0.15) is 0 Å². The number of urea groups is 1. The van der Waals surface area contributed by atoms with E-state index < -0.39 is 0 Å². The summed E-state index contributed by atoms with van der Waals surface area (Å²) in [5.41, 5.74) is 0. The summed E-state index contributed by atoms with van der Waals surface area (Å²) < 4.78 is 5.38. The molecule has 1 saturated heterocycles. The van der Waals surface area contributed by atoms with E-state index in [-0.39, 0.29) is 12.1 Å². The Kier molecular flexibility index (Phi) is 5.42. The highest BCUT2D eigenvalue weighted by Crippen LogP contribution is 1.94. The second-order valence-corrected chi connectivity index (χ2v) is 3.69. The topological polar surface area (TPSA) is 53.6 Å². The Morgan fingerprint density at radius 1 is 1.67 bits per heavy atom. The molecule has 1 unspecified atom stereocenters. The predicted molar refractivity (Wildman–Crippen MR) is 58.9 cm³/mol. The molecule has 1 rings (SSSR count). The van der Waals surface area contributed by atoms with Gasteiger partial charge in [0.05, 0.1) is 6.10 Å². The van der Waals surface area contributed by atoms with Gasteiger partial charge >= 0.3 is 6.03 Å². The second kappa shape index (κ2) is 6.63. The summed E-state index contributed by atoms with van der Waals surface area (Å²) in [6, 6.07) is 0.0506. The number of nitrogens with zero attached hydrogens (tertiary/aromatic N) is 1. The maximum Gasteiger partial charge on any atom is 0.317 e. The Morgan fingerprint density at radius 3 is 3.07 bits per heavy atom. The van der Waals surface area contributed by atoms with E-state index in [4.69, 9.17) is 4.74 Å². The van der Waals surface area contributed by atoms with Crippen LogP contribution in [0.1, 0.15) is 13.8 Å². The molecule has 0 saturated carbocycles. The Hall–Kier alpha value is -0.810. The molecule has 15 heavy (non-hydrogen) atoms. The van der Waals surface area contributed by atoms with Crippen LogP contribution in [-0.2, 0) is 4.74 Å². The van der Waals surface area contributed by atoms with Crippen molar-refractivity contribution in [1.29, 1.82) is 0 Å². The Bertz CT molecular complexity index is 199. The summed E-state index contributed by atoms with van der Waals surface area (Å²) in [6.07, 6.45) is 0.238. The molecule has 1 aliphatic heterocycles. The predicted octanol–water partition coefficient (Wildman–Crippen LogP) is 0.0262. The van der Waals surface area contributed by atoms with Crippen LogP contribution in [0, 0.1) is 0 Å². The summed E-state index contributed by atoms with van der Waals surface area (Å²) >= 11 is 0. The first-order valence-corrected chi connectivity index (χ1v) is 5.59. The smallest absolute Gasteiger partial charge is 0.317 e. The molecule has 0 aromatic heterocycles. The summed E-state index contributed by atoms with van der Waals surface area (Å²) in [5, 5.41) is 6.04. The first-order chi connectivity index (χ1) is 7.24. The molecule has 0 radical (unpaired) electrons. The van der Waals surface area contributed by atoms with Gasteiger partial charge in [0, 0.05) is 39.3 Å². The zero-order chi connectivity index (χ0) is 11.1.